The minimum absolute atomic E-state index is 0.0357. The van der Waals surface area contributed by atoms with E-state index in [1.807, 2.05) is 0 Å². The van der Waals surface area contributed by atoms with Gasteiger partial charge in [0, 0.05) is 17.7 Å². The molecule has 1 N–H and O–H groups in total. The van der Waals surface area contributed by atoms with Gasteiger partial charge in [-0.3, -0.25) is 14.4 Å². The Morgan fingerprint density at radius 1 is 1.00 bits per heavy atom. The summed E-state index contributed by atoms with van der Waals surface area (Å²) in [5.41, 5.74) is -0.628. The molecule has 0 aliphatic carbocycles. The lowest BCUT2D eigenvalue weighted by Gasteiger charge is -2.10. The van der Waals surface area contributed by atoms with Crippen LogP contribution in [-0.4, -0.2) is 31.4 Å². The van der Waals surface area contributed by atoms with Crippen molar-refractivity contribution >= 4 is 23.3 Å². The van der Waals surface area contributed by atoms with Crippen LogP contribution in [0.5, 0.6) is 5.75 Å². The number of benzene rings is 2. The van der Waals surface area contributed by atoms with Gasteiger partial charge < -0.3 is 14.8 Å². The number of esters is 1. The molecule has 6 nitrogen and oxygen atoms in total. The lowest BCUT2D eigenvalue weighted by atomic mass is 10.1. The Morgan fingerprint density at radius 3 is 2.41 bits per heavy atom. The maximum Gasteiger partial charge on any atom is 0.416 e. The molecule has 2 aromatic rings. The van der Waals surface area contributed by atoms with Crippen molar-refractivity contribution in [1.29, 1.82) is 0 Å². The lowest BCUT2D eigenvalue weighted by molar-refractivity contribution is -0.143. The molecule has 1 amide bonds. The average Bonchev–Trinajstić information content (AvgIpc) is 2.70. The van der Waals surface area contributed by atoms with Gasteiger partial charge in [0.25, 0.3) is 0 Å². The predicted molar refractivity (Wildman–Crippen MR) is 97.6 cm³/mol. The largest absolute Gasteiger partial charge is 0.497 e. The van der Waals surface area contributed by atoms with Crippen LogP contribution in [0.1, 0.15) is 28.8 Å². The van der Waals surface area contributed by atoms with E-state index in [2.05, 4.69) is 5.32 Å². The van der Waals surface area contributed by atoms with E-state index in [1.165, 1.54) is 19.2 Å². The van der Waals surface area contributed by atoms with Crippen molar-refractivity contribution in [3.05, 3.63) is 59.7 Å². The number of Topliss-reactive ketones (excluding diaryl/α,β-unsaturated/α-hetero) is 1. The second-order valence-electron chi connectivity index (χ2n) is 5.94. The van der Waals surface area contributed by atoms with Crippen LogP contribution in [0.2, 0.25) is 0 Å². The number of amides is 1. The molecule has 0 spiro atoms. The zero-order chi connectivity index (χ0) is 21.4. The average molecular weight is 409 g/mol. The van der Waals surface area contributed by atoms with E-state index in [0.29, 0.717) is 11.3 Å². The number of rotatable bonds is 8. The molecule has 0 bridgehead atoms. The van der Waals surface area contributed by atoms with Crippen LogP contribution < -0.4 is 10.1 Å². The monoisotopic (exact) mass is 409 g/mol. The third kappa shape index (κ3) is 6.95. The molecule has 0 saturated carbocycles. The number of anilines is 1. The summed E-state index contributed by atoms with van der Waals surface area (Å²) in [5, 5.41) is 2.29. The van der Waals surface area contributed by atoms with Gasteiger partial charge in [-0.05, 0) is 30.3 Å². The molecule has 0 aromatic heterocycles. The molecule has 29 heavy (non-hydrogen) atoms. The molecule has 154 valence electrons. The molecule has 0 heterocycles. The van der Waals surface area contributed by atoms with Gasteiger partial charge in [-0.25, -0.2) is 0 Å². The number of methoxy groups -OCH3 is 1. The van der Waals surface area contributed by atoms with Gasteiger partial charge in [0.15, 0.2) is 12.4 Å². The fourth-order valence-corrected chi connectivity index (χ4v) is 2.31. The fraction of sp³-hybridized carbons (Fsp3) is 0.250. The van der Waals surface area contributed by atoms with Crippen LogP contribution in [-0.2, 0) is 20.5 Å². The first-order valence-electron chi connectivity index (χ1n) is 8.49. The summed E-state index contributed by atoms with van der Waals surface area (Å²) in [4.78, 5) is 35.5. The maximum absolute atomic E-state index is 12.7. The standard InChI is InChI=1S/C20H18F3NO5/c1-28-16-7-2-4-13(10-16)17(25)12-29-19(27)9-8-18(26)24-15-6-3-5-14(11-15)20(21,22)23/h2-7,10-11H,8-9,12H2,1H3,(H,24,26). The highest BCUT2D eigenvalue weighted by Gasteiger charge is 2.30. The van der Waals surface area contributed by atoms with E-state index in [1.54, 1.807) is 18.2 Å². The van der Waals surface area contributed by atoms with Gasteiger partial charge in [0.1, 0.15) is 5.75 Å². The number of hydrogen-bond donors (Lipinski definition) is 1. The van der Waals surface area contributed by atoms with Crippen LogP contribution in [0, 0.1) is 0 Å². The summed E-state index contributed by atoms with van der Waals surface area (Å²) >= 11 is 0. The van der Waals surface area contributed by atoms with Crippen molar-refractivity contribution in [2.45, 2.75) is 19.0 Å². The maximum atomic E-state index is 12.7. The summed E-state index contributed by atoms with van der Waals surface area (Å²) in [7, 11) is 1.45. The number of ether oxygens (including phenoxy) is 2. The summed E-state index contributed by atoms with van der Waals surface area (Å²) in [6, 6.07) is 10.5. The molecule has 0 aliphatic heterocycles. The predicted octanol–water partition coefficient (Wildman–Crippen LogP) is 3.86. The van der Waals surface area contributed by atoms with Crippen LogP contribution >= 0.6 is 0 Å². The van der Waals surface area contributed by atoms with E-state index in [4.69, 9.17) is 9.47 Å². The van der Waals surface area contributed by atoms with Gasteiger partial charge in [-0.1, -0.05) is 18.2 Å². The number of ketones is 1. The SMILES string of the molecule is COc1cccc(C(=O)COC(=O)CCC(=O)Nc2cccc(C(F)(F)F)c2)c1. The topological polar surface area (TPSA) is 81.7 Å². The van der Waals surface area contributed by atoms with Crippen molar-refractivity contribution in [2.24, 2.45) is 0 Å². The Hall–Kier alpha value is -3.36. The van der Waals surface area contributed by atoms with E-state index in [9.17, 15) is 27.6 Å². The molecule has 0 unspecified atom stereocenters. The fourth-order valence-electron chi connectivity index (χ4n) is 2.31. The Balaban J connectivity index is 1.78. The van der Waals surface area contributed by atoms with Crippen molar-refractivity contribution in [3.8, 4) is 5.75 Å². The highest BCUT2D eigenvalue weighted by atomic mass is 19.4. The molecule has 0 fully saturated rings. The Bertz CT molecular complexity index is 896. The summed E-state index contributed by atoms with van der Waals surface area (Å²) in [5.74, 6) is -1.39. The van der Waals surface area contributed by atoms with E-state index >= 15 is 0 Å². The number of nitrogens with one attached hydrogen (secondary N) is 1. The first kappa shape index (κ1) is 21.9. The van der Waals surface area contributed by atoms with Gasteiger partial charge in [0.05, 0.1) is 19.1 Å². The van der Waals surface area contributed by atoms with Crippen LogP contribution in [0.3, 0.4) is 0 Å². The Morgan fingerprint density at radius 2 is 1.72 bits per heavy atom. The van der Waals surface area contributed by atoms with E-state index in [0.717, 1.165) is 18.2 Å². The second kappa shape index (κ2) is 9.72. The second-order valence-corrected chi connectivity index (χ2v) is 5.94. The highest BCUT2D eigenvalue weighted by molar-refractivity contribution is 5.98. The molecular weight excluding hydrogens is 391 g/mol. The summed E-state index contributed by atoms with van der Waals surface area (Å²) in [6.45, 7) is -0.499. The van der Waals surface area contributed by atoms with Crippen LogP contribution in [0.15, 0.2) is 48.5 Å². The van der Waals surface area contributed by atoms with E-state index < -0.39 is 36.0 Å². The molecule has 2 rings (SSSR count). The molecule has 0 aliphatic rings. The van der Waals surface area contributed by atoms with Gasteiger partial charge in [0.2, 0.25) is 5.91 Å². The van der Waals surface area contributed by atoms with Gasteiger partial charge in [-0.2, -0.15) is 13.2 Å². The van der Waals surface area contributed by atoms with Gasteiger partial charge in [-0.15, -0.1) is 0 Å². The minimum Gasteiger partial charge on any atom is -0.497 e. The lowest BCUT2D eigenvalue weighted by Crippen LogP contribution is -2.17. The minimum atomic E-state index is -4.53. The Kier molecular flexibility index (Phi) is 7.35. The third-order valence-corrected chi connectivity index (χ3v) is 3.79. The molecule has 0 atom stereocenters. The molecule has 9 heteroatoms. The quantitative estimate of drug-likeness (QED) is 0.529. The Labute approximate surface area is 164 Å². The number of halogens is 3. The zero-order valence-corrected chi connectivity index (χ0v) is 15.4. The molecule has 2 aromatic carbocycles. The van der Waals surface area contributed by atoms with Crippen molar-refractivity contribution in [3.63, 3.8) is 0 Å². The van der Waals surface area contributed by atoms with Crippen LogP contribution in [0.4, 0.5) is 18.9 Å². The zero-order valence-electron chi connectivity index (χ0n) is 15.4. The van der Waals surface area contributed by atoms with Gasteiger partial charge >= 0.3 is 12.1 Å². The highest BCUT2D eigenvalue weighted by Crippen LogP contribution is 2.30. The van der Waals surface area contributed by atoms with Crippen molar-refractivity contribution < 1.29 is 37.0 Å². The first-order chi connectivity index (χ1) is 13.7. The molecular formula is C20H18F3NO5. The normalized spacial score (nSPS) is 10.9. The third-order valence-electron chi connectivity index (χ3n) is 3.79. The number of hydrogen-bond acceptors (Lipinski definition) is 5. The smallest absolute Gasteiger partial charge is 0.416 e. The van der Waals surface area contributed by atoms with Crippen LogP contribution in [0.25, 0.3) is 0 Å². The number of alkyl halides is 3. The molecule has 0 radical (unpaired) electrons. The molecule has 0 saturated heterocycles. The first-order valence-corrected chi connectivity index (χ1v) is 8.49. The van der Waals surface area contributed by atoms with Crippen molar-refractivity contribution in [1.82, 2.24) is 0 Å². The van der Waals surface area contributed by atoms with E-state index in [-0.39, 0.29) is 18.5 Å². The summed E-state index contributed by atoms with van der Waals surface area (Å²) in [6.07, 6.45) is -5.15. The van der Waals surface area contributed by atoms with Crippen molar-refractivity contribution in [2.75, 3.05) is 19.0 Å². The number of carbonyl (C=O) groups excluding carboxylic acids is 3. The summed E-state index contributed by atoms with van der Waals surface area (Å²) < 4.78 is 47.8. The number of carbonyl (C=O) groups is 3.